The van der Waals surface area contributed by atoms with Gasteiger partial charge in [-0.05, 0) is 47.9 Å². The highest BCUT2D eigenvalue weighted by Gasteiger charge is 2.13. The standard InChI is InChI=1S/C14H15NS.C2H2O4/c1-10-9-15-7-5-12(10)13-4-2-3-11-6-8-16-14(11)13;3-1(4)2(5)6/h2-4,6,8,15H,5,7,9H2,1H3;(H,3,4)(H,5,6). The van der Waals surface area contributed by atoms with Gasteiger partial charge in [-0.15, -0.1) is 11.3 Å². The third-order valence-electron chi connectivity index (χ3n) is 3.44. The predicted molar refractivity (Wildman–Crippen MR) is 87.2 cm³/mol. The number of fused-ring (bicyclic) bond motifs is 1. The minimum atomic E-state index is -1.82. The summed E-state index contributed by atoms with van der Waals surface area (Å²) in [6.07, 6.45) is 1.16. The number of benzene rings is 1. The maximum absolute atomic E-state index is 9.10. The summed E-state index contributed by atoms with van der Waals surface area (Å²) in [5.74, 6) is -3.65. The van der Waals surface area contributed by atoms with Crippen LogP contribution in [0.5, 0.6) is 0 Å². The molecule has 1 aliphatic rings. The summed E-state index contributed by atoms with van der Waals surface area (Å²) in [6, 6.07) is 8.85. The molecule has 0 atom stereocenters. The number of carboxylic acid groups (broad SMARTS) is 2. The van der Waals surface area contributed by atoms with Crippen molar-refractivity contribution < 1.29 is 19.8 Å². The smallest absolute Gasteiger partial charge is 0.414 e. The Morgan fingerprint density at radius 1 is 1.18 bits per heavy atom. The molecule has 0 bridgehead atoms. The van der Waals surface area contributed by atoms with Crippen LogP contribution >= 0.6 is 11.3 Å². The molecule has 3 rings (SSSR count). The number of carboxylic acids is 2. The molecule has 6 heteroatoms. The Hall–Kier alpha value is -2.18. The van der Waals surface area contributed by atoms with Crippen LogP contribution in [0, 0.1) is 0 Å². The molecule has 3 N–H and O–H groups in total. The lowest BCUT2D eigenvalue weighted by atomic mass is 9.94. The lowest BCUT2D eigenvalue weighted by Gasteiger charge is -2.19. The summed E-state index contributed by atoms with van der Waals surface area (Å²) in [4.78, 5) is 18.2. The second-order valence-corrected chi connectivity index (χ2v) is 5.86. The molecule has 5 nitrogen and oxygen atoms in total. The fraction of sp³-hybridized carbons (Fsp3) is 0.250. The number of aliphatic carboxylic acids is 2. The minimum absolute atomic E-state index is 1.04. The topological polar surface area (TPSA) is 86.6 Å². The van der Waals surface area contributed by atoms with E-state index in [-0.39, 0.29) is 0 Å². The van der Waals surface area contributed by atoms with Crippen molar-refractivity contribution in [3.05, 3.63) is 40.8 Å². The highest BCUT2D eigenvalue weighted by Crippen LogP contribution is 2.33. The lowest BCUT2D eigenvalue weighted by Crippen LogP contribution is -2.23. The van der Waals surface area contributed by atoms with Gasteiger partial charge in [0.2, 0.25) is 0 Å². The van der Waals surface area contributed by atoms with E-state index in [1.165, 1.54) is 21.2 Å². The second-order valence-electron chi connectivity index (χ2n) is 4.94. The van der Waals surface area contributed by atoms with Gasteiger partial charge in [0.05, 0.1) is 0 Å². The number of rotatable bonds is 1. The fourth-order valence-corrected chi connectivity index (χ4v) is 3.35. The van der Waals surface area contributed by atoms with Crippen molar-refractivity contribution in [1.82, 2.24) is 5.32 Å². The van der Waals surface area contributed by atoms with E-state index in [4.69, 9.17) is 19.8 Å². The number of hydrogen-bond acceptors (Lipinski definition) is 4. The SMILES string of the molecule is CC1=C(c2cccc3ccsc23)CCNC1.O=C(O)C(=O)O. The van der Waals surface area contributed by atoms with E-state index in [1.807, 2.05) is 11.3 Å². The zero-order chi connectivity index (χ0) is 16.1. The first-order valence-electron chi connectivity index (χ1n) is 6.83. The van der Waals surface area contributed by atoms with Gasteiger partial charge in [0.1, 0.15) is 0 Å². The van der Waals surface area contributed by atoms with Crippen molar-refractivity contribution >= 4 is 38.9 Å². The summed E-state index contributed by atoms with van der Waals surface area (Å²) in [5.41, 5.74) is 4.49. The molecule has 2 aromatic rings. The van der Waals surface area contributed by atoms with E-state index in [0.29, 0.717) is 0 Å². The van der Waals surface area contributed by atoms with Crippen molar-refractivity contribution in [2.24, 2.45) is 0 Å². The molecule has 0 fully saturated rings. The van der Waals surface area contributed by atoms with Crippen molar-refractivity contribution in [2.75, 3.05) is 13.1 Å². The molecule has 0 saturated heterocycles. The molecule has 0 amide bonds. The van der Waals surface area contributed by atoms with E-state index >= 15 is 0 Å². The van der Waals surface area contributed by atoms with Crippen molar-refractivity contribution in [3.8, 4) is 0 Å². The molecule has 2 heterocycles. The van der Waals surface area contributed by atoms with Gasteiger partial charge < -0.3 is 15.5 Å². The average Bonchev–Trinajstić information content (AvgIpc) is 2.97. The number of nitrogens with one attached hydrogen (secondary N) is 1. The Kier molecular flexibility index (Phi) is 5.30. The molecule has 22 heavy (non-hydrogen) atoms. The summed E-state index contributed by atoms with van der Waals surface area (Å²) in [6.45, 7) is 4.39. The van der Waals surface area contributed by atoms with Crippen LogP contribution in [0.2, 0.25) is 0 Å². The third-order valence-corrected chi connectivity index (χ3v) is 4.41. The highest BCUT2D eigenvalue weighted by molar-refractivity contribution is 7.17. The number of thiophene rings is 1. The summed E-state index contributed by atoms with van der Waals surface area (Å²) in [5, 5.41) is 21.8. The van der Waals surface area contributed by atoms with E-state index in [9.17, 15) is 0 Å². The fourth-order valence-electron chi connectivity index (χ4n) is 2.40. The largest absolute Gasteiger partial charge is 0.473 e. The lowest BCUT2D eigenvalue weighted by molar-refractivity contribution is -0.159. The first kappa shape index (κ1) is 16.2. The zero-order valence-corrected chi connectivity index (χ0v) is 12.9. The van der Waals surface area contributed by atoms with Crippen LogP contribution in [-0.4, -0.2) is 35.2 Å². The molecule has 0 aliphatic carbocycles. The van der Waals surface area contributed by atoms with Gasteiger partial charge in [-0.1, -0.05) is 23.8 Å². The van der Waals surface area contributed by atoms with E-state index < -0.39 is 11.9 Å². The molecule has 1 aromatic carbocycles. The van der Waals surface area contributed by atoms with Gasteiger partial charge in [-0.3, -0.25) is 0 Å². The van der Waals surface area contributed by atoms with Gasteiger partial charge >= 0.3 is 11.9 Å². The highest BCUT2D eigenvalue weighted by atomic mass is 32.1. The molecule has 1 aromatic heterocycles. The monoisotopic (exact) mass is 319 g/mol. The normalized spacial score (nSPS) is 14.4. The van der Waals surface area contributed by atoms with Gasteiger partial charge in [-0.2, -0.15) is 0 Å². The zero-order valence-electron chi connectivity index (χ0n) is 12.1. The first-order valence-corrected chi connectivity index (χ1v) is 7.71. The van der Waals surface area contributed by atoms with Gasteiger partial charge in [0.15, 0.2) is 0 Å². The molecule has 0 unspecified atom stereocenters. The Morgan fingerprint density at radius 2 is 1.91 bits per heavy atom. The quantitative estimate of drug-likeness (QED) is 0.704. The van der Waals surface area contributed by atoms with Crippen LogP contribution in [0.15, 0.2) is 35.2 Å². The number of carbonyl (C=O) groups is 2. The van der Waals surface area contributed by atoms with Crippen LogP contribution in [0.25, 0.3) is 15.7 Å². The van der Waals surface area contributed by atoms with Crippen molar-refractivity contribution in [2.45, 2.75) is 13.3 Å². The van der Waals surface area contributed by atoms with Crippen LogP contribution in [0.1, 0.15) is 18.9 Å². The Balaban J connectivity index is 0.000000254. The molecule has 0 spiro atoms. The maximum atomic E-state index is 9.10. The number of hydrogen-bond donors (Lipinski definition) is 3. The molecule has 116 valence electrons. The molecule has 0 saturated carbocycles. The van der Waals surface area contributed by atoms with E-state index in [1.54, 1.807) is 5.57 Å². The van der Waals surface area contributed by atoms with Crippen molar-refractivity contribution in [1.29, 1.82) is 0 Å². The summed E-state index contributed by atoms with van der Waals surface area (Å²) >= 11 is 1.86. The van der Waals surface area contributed by atoms with E-state index in [0.717, 1.165) is 19.5 Å². The van der Waals surface area contributed by atoms with Crippen molar-refractivity contribution in [3.63, 3.8) is 0 Å². The van der Waals surface area contributed by atoms with E-state index in [2.05, 4.69) is 41.9 Å². The van der Waals surface area contributed by atoms with Crippen LogP contribution in [0.4, 0.5) is 0 Å². The molecule has 1 aliphatic heterocycles. The van der Waals surface area contributed by atoms with Gasteiger partial charge in [0, 0.05) is 11.2 Å². The second kappa shape index (κ2) is 7.20. The maximum Gasteiger partial charge on any atom is 0.414 e. The Morgan fingerprint density at radius 3 is 2.55 bits per heavy atom. The predicted octanol–water partition coefficient (Wildman–Crippen LogP) is 2.82. The first-order chi connectivity index (χ1) is 10.5. The molecule has 0 radical (unpaired) electrons. The Bertz CT molecular complexity index is 721. The van der Waals surface area contributed by atoms with Crippen LogP contribution in [-0.2, 0) is 9.59 Å². The van der Waals surface area contributed by atoms with Gasteiger partial charge in [-0.25, -0.2) is 9.59 Å². The summed E-state index contributed by atoms with van der Waals surface area (Å²) in [7, 11) is 0. The average molecular weight is 319 g/mol. The molecular weight excluding hydrogens is 302 g/mol. The Labute approximate surface area is 131 Å². The molecular formula is C16H17NO4S. The van der Waals surface area contributed by atoms with Crippen LogP contribution < -0.4 is 5.32 Å². The summed E-state index contributed by atoms with van der Waals surface area (Å²) < 4.78 is 1.44. The van der Waals surface area contributed by atoms with Gasteiger partial charge in [0.25, 0.3) is 0 Å². The minimum Gasteiger partial charge on any atom is -0.473 e. The van der Waals surface area contributed by atoms with Crippen LogP contribution in [0.3, 0.4) is 0 Å². The third kappa shape index (κ3) is 3.72.